The van der Waals surface area contributed by atoms with Crippen LogP contribution in [0.5, 0.6) is 0 Å². The highest BCUT2D eigenvalue weighted by Gasteiger charge is 2.20. The zero-order valence-electron chi connectivity index (χ0n) is 21.5. The van der Waals surface area contributed by atoms with Gasteiger partial charge in [-0.05, 0) is 26.7 Å². The van der Waals surface area contributed by atoms with E-state index in [-0.39, 0.29) is 13.2 Å². The average molecular weight is 485 g/mol. The number of carbonyl (C=O) groups is 4. The summed E-state index contributed by atoms with van der Waals surface area (Å²) in [4.78, 5) is 47.4. The minimum Gasteiger partial charge on any atom is -0.463 e. The fourth-order valence-electron chi connectivity index (χ4n) is 3.00. The zero-order valence-corrected chi connectivity index (χ0v) is 21.5. The van der Waals surface area contributed by atoms with Crippen molar-refractivity contribution in [2.24, 2.45) is 0 Å². The van der Waals surface area contributed by atoms with Crippen LogP contribution in [0.3, 0.4) is 0 Å². The first-order valence-corrected chi connectivity index (χ1v) is 12.7. The summed E-state index contributed by atoms with van der Waals surface area (Å²) in [5.74, 6) is -3.06. The van der Waals surface area contributed by atoms with Gasteiger partial charge in [0.05, 0.1) is 13.2 Å². The van der Waals surface area contributed by atoms with Gasteiger partial charge in [0.2, 0.25) is 0 Å². The van der Waals surface area contributed by atoms with Crippen LogP contribution >= 0.6 is 0 Å². The van der Waals surface area contributed by atoms with Gasteiger partial charge in [-0.1, -0.05) is 78.1 Å². The Bertz CT molecular complexity index is 562. The lowest BCUT2D eigenvalue weighted by atomic mass is 10.1. The molecule has 0 aromatic rings. The normalized spacial score (nSPS) is 12.7. The molecule has 0 spiro atoms. The largest absolute Gasteiger partial charge is 0.463 e. The molecule has 0 radical (unpaired) electrons. The molecule has 0 aliphatic carbocycles. The molecular formula is C26H44O8. The maximum absolute atomic E-state index is 11.9. The average Bonchev–Trinajstić information content (AvgIpc) is 2.81. The molecule has 2 atom stereocenters. The Morgan fingerprint density at radius 3 is 1.24 bits per heavy atom. The first kappa shape index (κ1) is 31.6. The highest BCUT2D eigenvalue weighted by molar-refractivity contribution is 5.93. The second kappa shape index (κ2) is 21.2. The maximum atomic E-state index is 11.9. The monoisotopic (exact) mass is 484 g/mol. The van der Waals surface area contributed by atoms with E-state index >= 15 is 0 Å². The van der Waals surface area contributed by atoms with E-state index in [9.17, 15) is 19.2 Å². The molecule has 0 saturated carbocycles. The third kappa shape index (κ3) is 18.1. The van der Waals surface area contributed by atoms with Gasteiger partial charge in [0.15, 0.2) is 12.2 Å². The van der Waals surface area contributed by atoms with Gasteiger partial charge >= 0.3 is 23.9 Å². The van der Waals surface area contributed by atoms with Crippen molar-refractivity contribution >= 4 is 23.9 Å². The molecule has 0 bridgehead atoms. The molecule has 0 aliphatic rings. The second-order valence-electron chi connectivity index (χ2n) is 8.36. The van der Waals surface area contributed by atoms with Crippen molar-refractivity contribution in [3.63, 3.8) is 0 Å². The predicted molar refractivity (Wildman–Crippen MR) is 129 cm³/mol. The molecule has 0 aromatic carbocycles. The van der Waals surface area contributed by atoms with E-state index in [1.165, 1.54) is 52.4 Å². The molecule has 0 rings (SSSR count). The number of hydrogen-bond acceptors (Lipinski definition) is 8. The van der Waals surface area contributed by atoms with Crippen LogP contribution in [0.2, 0.25) is 0 Å². The third-order valence-corrected chi connectivity index (χ3v) is 5.09. The van der Waals surface area contributed by atoms with E-state index in [0.29, 0.717) is 0 Å². The fraction of sp³-hybridized carbons (Fsp3) is 0.769. The lowest BCUT2D eigenvalue weighted by molar-refractivity contribution is -0.164. The SMILES string of the molecule is CCCCCCCCOC(=O)C(C)OC(=O)/C=C/C(=O)OC(C)C(=O)OCCCCCCCC. The lowest BCUT2D eigenvalue weighted by Crippen LogP contribution is -2.27. The van der Waals surface area contributed by atoms with Crippen LogP contribution in [0.4, 0.5) is 0 Å². The summed E-state index contributed by atoms with van der Waals surface area (Å²) in [7, 11) is 0. The van der Waals surface area contributed by atoms with Crippen molar-refractivity contribution in [1.29, 1.82) is 0 Å². The fourth-order valence-corrected chi connectivity index (χ4v) is 3.00. The maximum Gasteiger partial charge on any atom is 0.347 e. The smallest absolute Gasteiger partial charge is 0.347 e. The van der Waals surface area contributed by atoms with Crippen LogP contribution in [-0.2, 0) is 38.1 Å². The van der Waals surface area contributed by atoms with Crippen molar-refractivity contribution < 1.29 is 38.1 Å². The van der Waals surface area contributed by atoms with E-state index in [2.05, 4.69) is 13.8 Å². The van der Waals surface area contributed by atoms with E-state index in [0.717, 1.165) is 50.7 Å². The Labute approximate surface area is 204 Å². The molecule has 0 amide bonds. The van der Waals surface area contributed by atoms with Crippen LogP contribution in [-0.4, -0.2) is 49.3 Å². The number of carbonyl (C=O) groups excluding carboxylic acids is 4. The molecule has 8 heteroatoms. The van der Waals surface area contributed by atoms with Crippen LogP contribution in [0.1, 0.15) is 105 Å². The summed E-state index contributed by atoms with van der Waals surface area (Å²) in [6.07, 6.45) is 12.3. The summed E-state index contributed by atoms with van der Waals surface area (Å²) in [5, 5.41) is 0. The van der Waals surface area contributed by atoms with Crippen LogP contribution < -0.4 is 0 Å². The van der Waals surface area contributed by atoms with Gasteiger partial charge in [0, 0.05) is 12.2 Å². The van der Waals surface area contributed by atoms with Gasteiger partial charge in [-0.25, -0.2) is 19.2 Å². The van der Waals surface area contributed by atoms with Gasteiger partial charge in [-0.15, -0.1) is 0 Å². The Morgan fingerprint density at radius 1 is 0.559 bits per heavy atom. The third-order valence-electron chi connectivity index (χ3n) is 5.09. The van der Waals surface area contributed by atoms with E-state index in [4.69, 9.17) is 18.9 Å². The molecule has 196 valence electrons. The zero-order chi connectivity index (χ0) is 25.6. The van der Waals surface area contributed by atoms with Gasteiger partial charge in [0.1, 0.15) is 0 Å². The van der Waals surface area contributed by atoms with Crippen molar-refractivity contribution in [1.82, 2.24) is 0 Å². The summed E-state index contributed by atoms with van der Waals surface area (Å²) in [6, 6.07) is 0. The van der Waals surface area contributed by atoms with Crippen molar-refractivity contribution in [3.8, 4) is 0 Å². The van der Waals surface area contributed by atoms with Gasteiger partial charge in [-0.2, -0.15) is 0 Å². The minimum absolute atomic E-state index is 0.280. The minimum atomic E-state index is -1.09. The van der Waals surface area contributed by atoms with Crippen molar-refractivity contribution in [2.75, 3.05) is 13.2 Å². The molecule has 0 aliphatic heterocycles. The lowest BCUT2D eigenvalue weighted by Gasteiger charge is -2.12. The number of esters is 4. The molecule has 34 heavy (non-hydrogen) atoms. The van der Waals surface area contributed by atoms with Gasteiger partial charge < -0.3 is 18.9 Å². The molecule has 0 saturated heterocycles. The Morgan fingerprint density at radius 2 is 0.882 bits per heavy atom. The van der Waals surface area contributed by atoms with Crippen LogP contribution in [0, 0.1) is 0 Å². The molecule has 0 aromatic heterocycles. The molecular weight excluding hydrogens is 440 g/mol. The quantitative estimate of drug-likeness (QED) is 0.100. The molecule has 0 N–H and O–H groups in total. The Kier molecular flexibility index (Phi) is 19.7. The van der Waals surface area contributed by atoms with E-state index in [1.54, 1.807) is 0 Å². The Balaban J connectivity index is 4.04. The highest BCUT2D eigenvalue weighted by Crippen LogP contribution is 2.07. The Hall–Kier alpha value is -2.38. The second-order valence-corrected chi connectivity index (χ2v) is 8.36. The first-order valence-electron chi connectivity index (χ1n) is 12.7. The standard InChI is InChI=1S/C26H44O8/c1-5-7-9-11-13-15-19-31-25(29)21(3)33-23(27)17-18-24(28)34-22(4)26(30)32-20-16-14-12-10-8-6-2/h17-18,21-22H,5-16,19-20H2,1-4H3/b18-17+. The summed E-state index contributed by atoms with van der Waals surface area (Å²) >= 11 is 0. The van der Waals surface area contributed by atoms with Crippen LogP contribution in [0.15, 0.2) is 12.2 Å². The highest BCUT2D eigenvalue weighted by atomic mass is 16.6. The molecule has 0 fully saturated rings. The number of ether oxygens (including phenoxy) is 4. The molecule has 2 unspecified atom stereocenters. The van der Waals surface area contributed by atoms with Crippen molar-refractivity contribution in [2.45, 2.75) is 117 Å². The van der Waals surface area contributed by atoms with E-state index in [1.807, 2.05) is 0 Å². The van der Waals surface area contributed by atoms with Crippen molar-refractivity contribution in [3.05, 3.63) is 12.2 Å². The van der Waals surface area contributed by atoms with Gasteiger partial charge in [-0.3, -0.25) is 0 Å². The summed E-state index contributed by atoms with van der Waals surface area (Å²) in [6.45, 7) is 7.66. The van der Waals surface area contributed by atoms with E-state index < -0.39 is 36.1 Å². The van der Waals surface area contributed by atoms with Crippen LogP contribution in [0.25, 0.3) is 0 Å². The summed E-state index contributed by atoms with van der Waals surface area (Å²) in [5.41, 5.74) is 0. The molecule has 0 heterocycles. The van der Waals surface area contributed by atoms with Gasteiger partial charge in [0.25, 0.3) is 0 Å². The first-order chi connectivity index (χ1) is 16.3. The predicted octanol–water partition coefficient (Wildman–Crippen LogP) is 5.21. The number of unbranched alkanes of at least 4 members (excludes halogenated alkanes) is 10. The molecule has 8 nitrogen and oxygen atoms in total. The topological polar surface area (TPSA) is 105 Å². The summed E-state index contributed by atoms with van der Waals surface area (Å²) < 4.78 is 20.0. The number of hydrogen-bond donors (Lipinski definition) is 0. The number of rotatable bonds is 20.